The van der Waals surface area contributed by atoms with Crippen molar-refractivity contribution in [2.24, 2.45) is 0 Å². The van der Waals surface area contributed by atoms with Gasteiger partial charge in [-0.15, -0.1) is 0 Å². The first-order valence-corrected chi connectivity index (χ1v) is 5.96. The van der Waals surface area contributed by atoms with Crippen molar-refractivity contribution in [3.05, 3.63) is 0 Å². The Balaban J connectivity index is 2.73. The zero-order valence-corrected chi connectivity index (χ0v) is 9.16. The monoisotopic (exact) mass is 276 g/mol. The van der Waals surface area contributed by atoms with Gasteiger partial charge in [-0.2, -0.15) is 0 Å². The van der Waals surface area contributed by atoms with E-state index in [9.17, 15) is 19.9 Å². The Morgan fingerprint density at radius 2 is 1.59 bits per heavy atom. The van der Waals surface area contributed by atoms with Gasteiger partial charge in [0, 0.05) is 0 Å². The molecular weight excluding hydrogens is 263 g/mol. The van der Waals surface area contributed by atoms with E-state index in [4.69, 9.17) is 20.0 Å². The van der Waals surface area contributed by atoms with Crippen LogP contribution in [0, 0.1) is 0 Å². The minimum Gasteiger partial charge on any atom is -0.387 e. The number of rotatable bonds is 3. The normalized spacial score (nSPS) is 41.2. The number of aliphatic hydroxyl groups is 5. The molecule has 0 aromatic rings. The molecule has 1 heterocycles. The molecule has 102 valence electrons. The smallest absolute Gasteiger partial charge is 0.387 e. The molecule has 0 spiro atoms. The van der Waals surface area contributed by atoms with Crippen molar-refractivity contribution in [2.45, 2.75) is 37.0 Å². The molecule has 0 bridgehead atoms. The van der Waals surface area contributed by atoms with Crippen LogP contribution in [0.25, 0.3) is 0 Å². The van der Waals surface area contributed by atoms with Crippen molar-refractivity contribution in [3.8, 4) is 0 Å². The third-order valence-corrected chi connectivity index (χ3v) is 2.64. The summed E-state index contributed by atoms with van der Waals surface area (Å²) in [6, 6.07) is 0. The van der Waals surface area contributed by atoms with E-state index in [2.05, 4.69) is 9.26 Å². The van der Waals surface area contributed by atoms with Gasteiger partial charge in [-0.05, 0) is 0 Å². The second-order valence-corrected chi connectivity index (χ2v) is 4.64. The average Bonchev–Trinajstić information content (AvgIpc) is 2.17. The number of ether oxygens (including phenoxy) is 1. The van der Waals surface area contributed by atoms with E-state index in [1.54, 1.807) is 0 Å². The molecule has 0 aromatic carbocycles. The van der Waals surface area contributed by atoms with Gasteiger partial charge < -0.3 is 40.1 Å². The fourth-order valence-corrected chi connectivity index (χ4v) is 1.72. The van der Waals surface area contributed by atoms with Crippen LogP contribution in [0.15, 0.2) is 0 Å². The molecule has 0 amide bonds. The summed E-state index contributed by atoms with van der Waals surface area (Å²) in [4.78, 5) is 16.8. The number of aliphatic hydroxyl groups excluding tert-OH is 5. The summed E-state index contributed by atoms with van der Waals surface area (Å²) in [5.41, 5.74) is 0. The molecule has 6 unspecified atom stereocenters. The third kappa shape index (κ3) is 3.66. The second kappa shape index (κ2) is 5.24. The van der Waals surface area contributed by atoms with Crippen LogP contribution in [0.5, 0.6) is 0 Å². The summed E-state index contributed by atoms with van der Waals surface area (Å²) in [5.74, 6) is 0. The fourth-order valence-electron chi connectivity index (χ4n) is 1.32. The van der Waals surface area contributed by atoms with E-state index in [1.165, 1.54) is 0 Å². The number of phosphoric acid groups is 1. The van der Waals surface area contributed by atoms with Crippen molar-refractivity contribution in [2.75, 3.05) is 0 Å². The SMILES string of the molecule is O=P(O)(O)OC(O)C1OC(O)C(O)C(O)C1O. The first-order chi connectivity index (χ1) is 7.63. The third-order valence-electron chi connectivity index (χ3n) is 2.15. The van der Waals surface area contributed by atoms with Crippen molar-refractivity contribution in [3.63, 3.8) is 0 Å². The maximum atomic E-state index is 10.4. The van der Waals surface area contributed by atoms with Crippen molar-refractivity contribution < 1.29 is 49.1 Å². The lowest BCUT2D eigenvalue weighted by Gasteiger charge is -2.39. The summed E-state index contributed by atoms with van der Waals surface area (Å²) in [7, 11) is -5.04. The Kier molecular flexibility index (Phi) is 4.60. The topological polar surface area (TPSA) is 177 Å². The number of hydrogen-bond acceptors (Lipinski definition) is 8. The van der Waals surface area contributed by atoms with E-state index >= 15 is 0 Å². The standard InChI is InChI=1S/C6H13O10P/c7-1-2(8)4(15-5(10)3(1)9)6(11)16-17(12,13)14/h1-11H,(H2,12,13,14). The molecule has 17 heavy (non-hydrogen) atoms. The van der Waals surface area contributed by atoms with Crippen LogP contribution < -0.4 is 0 Å². The van der Waals surface area contributed by atoms with Gasteiger partial charge in [0.2, 0.25) is 0 Å². The summed E-state index contributed by atoms with van der Waals surface area (Å²) in [6.07, 6.45) is -11.6. The number of hydrogen-bond donors (Lipinski definition) is 7. The molecule has 1 aliphatic heterocycles. The molecular formula is C6H13O10P. The highest BCUT2D eigenvalue weighted by Gasteiger charge is 2.47. The minimum absolute atomic E-state index is 1.82. The Bertz CT molecular complexity index is 303. The molecule has 0 aliphatic carbocycles. The van der Waals surface area contributed by atoms with E-state index in [0.29, 0.717) is 0 Å². The van der Waals surface area contributed by atoms with E-state index in [0.717, 1.165) is 0 Å². The first kappa shape index (κ1) is 14.9. The molecule has 10 nitrogen and oxygen atoms in total. The number of phosphoric ester groups is 1. The lowest BCUT2D eigenvalue weighted by Crippen LogP contribution is -2.60. The Morgan fingerprint density at radius 1 is 1.06 bits per heavy atom. The van der Waals surface area contributed by atoms with Crippen LogP contribution >= 0.6 is 7.82 Å². The van der Waals surface area contributed by atoms with Gasteiger partial charge in [-0.3, -0.25) is 4.52 Å². The Morgan fingerprint density at radius 3 is 2.06 bits per heavy atom. The average molecular weight is 276 g/mol. The van der Waals surface area contributed by atoms with E-state index in [-0.39, 0.29) is 0 Å². The van der Waals surface area contributed by atoms with Gasteiger partial charge in [0.15, 0.2) is 12.6 Å². The molecule has 0 radical (unpaired) electrons. The summed E-state index contributed by atoms with van der Waals surface area (Å²) in [6.45, 7) is 0. The van der Waals surface area contributed by atoms with Gasteiger partial charge in [0.05, 0.1) is 0 Å². The van der Waals surface area contributed by atoms with Gasteiger partial charge in [0.1, 0.15) is 24.4 Å². The van der Waals surface area contributed by atoms with Gasteiger partial charge >= 0.3 is 7.82 Å². The largest absolute Gasteiger partial charge is 0.472 e. The molecule has 7 N–H and O–H groups in total. The molecule has 1 saturated heterocycles. The highest BCUT2D eigenvalue weighted by molar-refractivity contribution is 7.46. The molecule has 0 saturated carbocycles. The predicted octanol–water partition coefficient (Wildman–Crippen LogP) is -3.79. The molecule has 1 fully saturated rings. The van der Waals surface area contributed by atoms with Crippen LogP contribution in [-0.4, -0.2) is 72.3 Å². The molecule has 1 rings (SSSR count). The first-order valence-electron chi connectivity index (χ1n) is 4.43. The summed E-state index contributed by atoms with van der Waals surface area (Å²) < 4.78 is 18.7. The van der Waals surface area contributed by atoms with Crippen LogP contribution in [-0.2, 0) is 13.8 Å². The highest BCUT2D eigenvalue weighted by Crippen LogP contribution is 2.39. The Hall–Kier alpha value is -0.130. The lowest BCUT2D eigenvalue weighted by atomic mass is 9.99. The Labute approximate surface area is 94.9 Å². The van der Waals surface area contributed by atoms with Crippen molar-refractivity contribution in [1.29, 1.82) is 0 Å². The van der Waals surface area contributed by atoms with E-state index < -0.39 is 44.8 Å². The predicted molar refractivity (Wildman–Crippen MR) is 48.0 cm³/mol. The molecule has 0 aromatic heterocycles. The molecule has 6 atom stereocenters. The van der Waals surface area contributed by atoms with Crippen LogP contribution in [0.3, 0.4) is 0 Å². The van der Waals surface area contributed by atoms with Crippen LogP contribution in [0.4, 0.5) is 0 Å². The molecule has 11 heteroatoms. The zero-order chi connectivity index (χ0) is 13.4. The van der Waals surface area contributed by atoms with Crippen molar-refractivity contribution >= 4 is 7.82 Å². The molecule has 1 aliphatic rings. The van der Waals surface area contributed by atoms with E-state index in [1.807, 2.05) is 0 Å². The lowest BCUT2D eigenvalue weighted by molar-refractivity contribution is -0.314. The van der Waals surface area contributed by atoms with Gasteiger partial charge in [0.25, 0.3) is 0 Å². The van der Waals surface area contributed by atoms with Gasteiger partial charge in [-0.1, -0.05) is 0 Å². The second-order valence-electron chi connectivity index (χ2n) is 3.45. The van der Waals surface area contributed by atoms with Crippen molar-refractivity contribution in [1.82, 2.24) is 0 Å². The zero-order valence-electron chi connectivity index (χ0n) is 8.27. The highest BCUT2D eigenvalue weighted by atomic mass is 31.2. The minimum atomic E-state index is -5.04. The van der Waals surface area contributed by atoms with Crippen LogP contribution in [0.1, 0.15) is 0 Å². The summed E-state index contributed by atoms with van der Waals surface area (Å²) >= 11 is 0. The van der Waals surface area contributed by atoms with Gasteiger partial charge in [-0.25, -0.2) is 4.57 Å². The summed E-state index contributed by atoms with van der Waals surface area (Å²) in [5, 5.41) is 46.0. The quantitative estimate of drug-likeness (QED) is 0.200. The maximum absolute atomic E-state index is 10.4. The maximum Gasteiger partial charge on any atom is 0.472 e. The van der Waals surface area contributed by atoms with Crippen LogP contribution in [0.2, 0.25) is 0 Å². The fraction of sp³-hybridized carbons (Fsp3) is 1.00.